The van der Waals surface area contributed by atoms with E-state index in [0.717, 1.165) is 10.9 Å². The lowest BCUT2D eigenvalue weighted by Crippen LogP contribution is -2.25. The second-order valence-electron chi connectivity index (χ2n) is 5.29. The molecule has 0 aliphatic heterocycles. The maximum atomic E-state index is 12.1. The van der Waals surface area contributed by atoms with Gasteiger partial charge in [0.15, 0.2) is 0 Å². The first-order valence-electron chi connectivity index (χ1n) is 7.00. The molecule has 0 N–H and O–H groups in total. The quantitative estimate of drug-likeness (QED) is 0.808. The summed E-state index contributed by atoms with van der Waals surface area (Å²) in [6.45, 7) is 0. The van der Waals surface area contributed by atoms with E-state index in [1.807, 2.05) is 24.4 Å². The van der Waals surface area contributed by atoms with Gasteiger partial charge in [-0.3, -0.25) is 14.3 Å². The molecule has 3 rings (SSSR count). The lowest BCUT2D eigenvalue weighted by molar-refractivity contribution is -0.0756. The van der Waals surface area contributed by atoms with Crippen molar-refractivity contribution in [1.29, 1.82) is 0 Å². The average molecular weight is 273 g/mol. The minimum atomic E-state index is -0.145. The smallest absolute Gasteiger partial charge is 0.274 e. The normalized spacial score (nSPS) is 15.9. The first kappa shape index (κ1) is 13.1. The van der Waals surface area contributed by atoms with Gasteiger partial charge in [0, 0.05) is 18.0 Å². The third-order valence-corrected chi connectivity index (χ3v) is 4.08. The van der Waals surface area contributed by atoms with Crippen molar-refractivity contribution in [1.82, 2.24) is 14.8 Å². The van der Waals surface area contributed by atoms with E-state index >= 15 is 0 Å². The van der Waals surface area contributed by atoms with Gasteiger partial charge in [0.25, 0.3) is 5.91 Å². The van der Waals surface area contributed by atoms with Crippen LogP contribution in [0, 0.1) is 0 Å². The summed E-state index contributed by atoms with van der Waals surface area (Å²) in [5.41, 5.74) is 1.66. The topological polar surface area (TPSA) is 47.4 Å². The summed E-state index contributed by atoms with van der Waals surface area (Å²) >= 11 is 0. The molecule has 1 aliphatic carbocycles. The monoisotopic (exact) mass is 273 g/mol. The number of amides is 1. The van der Waals surface area contributed by atoms with Crippen LogP contribution < -0.4 is 0 Å². The molecule has 2 aromatic rings. The molecule has 1 aromatic heterocycles. The molecule has 1 amide bonds. The Balaban J connectivity index is 2.00. The van der Waals surface area contributed by atoms with Gasteiger partial charge in [-0.15, -0.1) is 0 Å². The number of rotatable bonds is 3. The summed E-state index contributed by atoms with van der Waals surface area (Å²) < 4.78 is 2.08. The maximum absolute atomic E-state index is 12.1. The van der Waals surface area contributed by atoms with Crippen molar-refractivity contribution in [3.8, 4) is 0 Å². The van der Waals surface area contributed by atoms with E-state index in [-0.39, 0.29) is 5.91 Å². The second kappa shape index (κ2) is 5.25. The van der Waals surface area contributed by atoms with E-state index < -0.39 is 0 Å². The molecule has 1 aromatic carbocycles. The van der Waals surface area contributed by atoms with E-state index in [2.05, 4.69) is 9.78 Å². The Morgan fingerprint density at radius 1 is 1.40 bits per heavy atom. The highest BCUT2D eigenvalue weighted by Gasteiger charge is 2.20. The molecular weight excluding hydrogens is 254 g/mol. The molecule has 106 valence electrons. The van der Waals surface area contributed by atoms with Crippen LogP contribution in [-0.4, -0.2) is 34.9 Å². The Morgan fingerprint density at radius 2 is 2.15 bits per heavy atom. The van der Waals surface area contributed by atoms with Gasteiger partial charge in [-0.05, 0) is 25.0 Å². The highest BCUT2D eigenvalue weighted by molar-refractivity contribution is 5.97. The van der Waals surface area contributed by atoms with Crippen LogP contribution in [0.2, 0.25) is 0 Å². The summed E-state index contributed by atoms with van der Waals surface area (Å²) in [6.07, 6.45) is 6.75. The van der Waals surface area contributed by atoms with Gasteiger partial charge in [-0.1, -0.05) is 18.9 Å². The predicted octanol–water partition coefficient (Wildman–Crippen LogP) is 2.78. The van der Waals surface area contributed by atoms with Crippen molar-refractivity contribution in [3.05, 3.63) is 30.0 Å². The van der Waals surface area contributed by atoms with Crippen molar-refractivity contribution >= 4 is 16.8 Å². The maximum Gasteiger partial charge on any atom is 0.277 e. The Kier molecular flexibility index (Phi) is 3.44. The summed E-state index contributed by atoms with van der Waals surface area (Å²) in [5, 5.41) is 6.81. The number of carbonyl (C=O) groups excluding carboxylic acids is 1. The standard InChI is InChI=1S/C15H19N3O2/c1-17(20-2)15(19)11-7-8-12-10-16-18(14(12)9-11)13-5-3-4-6-13/h7-10,13H,3-6H2,1-2H3. The van der Waals surface area contributed by atoms with E-state index in [1.54, 1.807) is 7.05 Å². The third-order valence-electron chi connectivity index (χ3n) is 4.08. The number of nitrogens with zero attached hydrogens (tertiary/aromatic N) is 3. The van der Waals surface area contributed by atoms with Crippen molar-refractivity contribution < 1.29 is 9.63 Å². The van der Waals surface area contributed by atoms with Crippen LogP contribution in [0.4, 0.5) is 0 Å². The Morgan fingerprint density at radius 3 is 2.85 bits per heavy atom. The van der Waals surface area contributed by atoms with Crippen LogP contribution in [0.25, 0.3) is 10.9 Å². The van der Waals surface area contributed by atoms with Crippen molar-refractivity contribution in [2.45, 2.75) is 31.7 Å². The number of hydrogen-bond acceptors (Lipinski definition) is 3. The molecule has 5 heteroatoms. The molecule has 5 nitrogen and oxygen atoms in total. The average Bonchev–Trinajstić information content (AvgIpc) is 3.13. The zero-order valence-electron chi connectivity index (χ0n) is 11.9. The molecular formula is C15H19N3O2. The van der Waals surface area contributed by atoms with Crippen LogP contribution in [0.15, 0.2) is 24.4 Å². The van der Waals surface area contributed by atoms with Crippen molar-refractivity contribution in [2.75, 3.05) is 14.2 Å². The molecule has 0 bridgehead atoms. The molecule has 0 unspecified atom stereocenters. The molecule has 1 heterocycles. The largest absolute Gasteiger partial charge is 0.277 e. The van der Waals surface area contributed by atoms with Gasteiger partial charge >= 0.3 is 0 Å². The van der Waals surface area contributed by atoms with Crippen molar-refractivity contribution in [3.63, 3.8) is 0 Å². The fourth-order valence-corrected chi connectivity index (χ4v) is 2.88. The summed E-state index contributed by atoms with van der Waals surface area (Å²) in [6, 6.07) is 6.15. The molecule has 1 aliphatic rings. The van der Waals surface area contributed by atoms with E-state index in [4.69, 9.17) is 4.84 Å². The summed E-state index contributed by atoms with van der Waals surface area (Å²) in [5.74, 6) is -0.145. The van der Waals surface area contributed by atoms with Gasteiger partial charge in [0.05, 0.1) is 24.9 Å². The molecule has 0 radical (unpaired) electrons. The first-order valence-corrected chi connectivity index (χ1v) is 7.00. The predicted molar refractivity (Wildman–Crippen MR) is 76.3 cm³/mol. The van der Waals surface area contributed by atoms with Gasteiger partial charge in [-0.25, -0.2) is 5.06 Å². The van der Waals surface area contributed by atoms with Crippen LogP contribution in [0.5, 0.6) is 0 Å². The Bertz CT molecular complexity index is 629. The second-order valence-corrected chi connectivity index (χ2v) is 5.29. The number of benzene rings is 1. The molecule has 0 spiro atoms. The molecule has 0 atom stereocenters. The number of fused-ring (bicyclic) bond motifs is 1. The number of hydroxylamine groups is 2. The molecule has 20 heavy (non-hydrogen) atoms. The molecule has 1 fully saturated rings. The minimum Gasteiger partial charge on any atom is -0.274 e. The number of carbonyl (C=O) groups is 1. The SMILES string of the molecule is CON(C)C(=O)c1ccc2cnn(C3CCCC3)c2c1. The van der Waals surface area contributed by atoms with Gasteiger partial charge in [-0.2, -0.15) is 5.10 Å². The lowest BCUT2D eigenvalue weighted by atomic mass is 10.1. The summed E-state index contributed by atoms with van der Waals surface area (Å²) in [4.78, 5) is 17.1. The fourth-order valence-electron chi connectivity index (χ4n) is 2.88. The van der Waals surface area contributed by atoms with Gasteiger partial charge < -0.3 is 0 Å². The van der Waals surface area contributed by atoms with Crippen molar-refractivity contribution in [2.24, 2.45) is 0 Å². The number of hydrogen-bond donors (Lipinski definition) is 0. The van der Waals surface area contributed by atoms with Crippen LogP contribution in [0.3, 0.4) is 0 Å². The minimum absolute atomic E-state index is 0.145. The van der Waals surface area contributed by atoms with E-state index in [9.17, 15) is 4.79 Å². The highest BCUT2D eigenvalue weighted by Crippen LogP contribution is 2.31. The highest BCUT2D eigenvalue weighted by atomic mass is 16.7. The molecule has 1 saturated carbocycles. The lowest BCUT2D eigenvalue weighted by Gasteiger charge is -2.15. The summed E-state index contributed by atoms with van der Waals surface area (Å²) in [7, 11) is 3.10. The van der Waals surface area contributed by atoms with Crippen LogP contribution in [0.1, 0.15) is 42.1 Å². The third kappa shape index (κ3) is 2.18. The van der Waals surface area contributed by atoms with E-state index in [1.165, 1.54) is 37.9 Å². The zero-order valence-corrected chi connectivity index (χ0v) is 11.9. The van der Waals surface area contributed by atoms with Gasteiger partial charge in [0.1, 0.15) is 0 Å². The fraction of sp³-hybridized carbons (Fsp3) is 0.467. The van der Waals surface area contributed by atoms with Crippen LogP contribution >= 0.6 is 0 Å². The molecule has 0 saturated heterocycles. The zero-order chi connectivity index (χ0) is 14.1. The van der Waals surface area contributed by atoms with Gasteiger partial charge in [0.2, 0.25) is 0 Å². The Hall–Kier alpha value is -1.88. The Labute approximate surface area is 118 Å². The number of aromatic nitrogens is 2. The van der Waals surface area contributed by atoms with E-state index in [0.29, 0.717) is 11.6 Å². The van der Waals surface area contributed by atoms with Crippen LogP contribution in [-0.2, 0) is 4.84 Å². The first-order chi connectivity index (χ1) is 9.70.